The normalized spacial score (nSPS) is 26.8. The van der Waals surface area contributed by atoms with Crippen molar-refractivity contribution in [1.29, 1.82) is 5.26 Å². The van der Waals surface area contributed by atoms with Gasteiger partial charge in [0.05, 0.1) is 11.3 Å². The lowest BCUT2D eigenvalue weighted by molar-refractivity contribution is -0.136. The highest BCUT2D eigenvalue weighted by atomic mass is 19.1. The Morgan fingerprint density at radius 3 is 2.68 bits per heavy atom. The van der Waals surface area contributed by atoms with Crippen molar-refractivity contribution in [3.05, 3.63) is 36.4 Å². The van der Waals surface area contributed by atoms with Crippen molar-refractivity contribution in [3.63, 3.8) is 0 Å². The largest absolute Gasteiger partial charge is 0.352 e. The topological polar surface area (TPSA) is 102 Å². The number of hydrogen-bond acceptors (Lipinski definition) is 6. The standard InChI is InChI=1S/C22H20FN7O/c23-18-6-16(18)22(31)30-14-1-2-15(30)10-29(9-14)21-17-7-19(28-20(17)26-11-27-21)12-3-4-25-13(5-12)8-24/h3-5,7,11,14-16,18H,1-2,6,9-10H2,(H,26,27,28)/t14?,15?,16?,18-/m1/s1. The Labute approximate surface area is 177 Å². The first-order valence-electron chi connectivity index (χ1n) is 10.5. The minimum atomic E-state index is -0.959. The van der Waals surface area contributed by atoms with Crippen molar-refractivity contribution in [1.82, 2.24) is 24.8 Å². The maximum Gasteiger partial charge on any atom is 0.229 e. The summed E-state index contributed by atoms with van der Waals surface area (Å²) in [5.41, 5.74) is 2.77. The number of nitrogens with zero attached hydrogens (tertiary/aromatic N) is 6. The van der Waals surface area contributed by atoms with Gasteiger partial charge in [0.15, 0.2) is 0 Å². The summed E-state index contributed by atoms with van der Waals surface area (Å²) in [5.74, 6) is 0.398. The zero-order valence-corrected chi connectivity index (χ0v) is 16.7. The van der Waals surface area contributed by atoms with Crippen LogP contribution in [0.1, 0.15) is 25.0 Å². The molecule has 0 aromatic carbocycles. The quantitative estimate of drug-likeness (QED) is 0.702. The van der Waals surface area contributed by atoms with Crippen molar-refractivity contribution in [2.45, 2.75) is 37.5 Å². The Morgan fingerprint density at radius 2 is 1.97 bits per heavy atom. The number of anilines is 1. The van der Waals surface area contributed by atoms with Gasteiger partial charge < -0.3 is 14.8 Å². The van der Waals surface area contributed by atoms with E-state index < -0.39 is 12.1 Å². The van der Waals surface area contributed by atoms with Crippen molar-refractivity contribution in [2.75, 3.05) is 18.0 Å². The number of hydrogen-bond donors (Lipinski definition) is 1. The average molecular weight is 417 g/mol. The van der Waals surface area contributed by atoms with Crippen LogP contribution in [0.3, 0.4) is 0 Å². The third-order valence-corrected chi connectivity index (χ3v) is 6.66. The molecule has 1 N–H and O–H groups in total. The number of halogens is 1. The number of nitrogens with one attached hydrogen (secondary N) is 1. The molecule has 5 heterocycles. The zero-order valence-electron chi connectivity index (χ0n) is 16.7. The molecule has 2 saturated heterocycles. The van der Waals surface area contributed by atoms with Crippen LogP contribution in [0.4, 0.5) is 10.2 Å². The fourth-order valence-electron chi connectivity index (χ4n) is 5.04. The van der Waals surface area contributed by atoms with Gasteiger partial charge >= 0.3 is 0 Å². The minimum Gasteiger partial charge on any atom is -0.352 e. The number of rotatable bonds is 3. The Kier molecular flexibility index (Phi) is 3.96. The number of aromatic amines is 1. The van der Waals surface area contributed by atoms with Crippen molar-refractivity contribution in [3.8, 4) is 17.3 Å². The highest BCUT2D eigenvalue weighted by Gasteiger charge is 2.51. The van der Waals surface area contributed by atoms with Crippen molar-refractivity contribution >= 4 is 22.8 Å². The predicted molar refractivity (Wildman–Crippen MR) is 111 cm³/mol. The number of alkyl halides is 1. The second-order valence-electron chi connectivity index (χ2n) is 8.58. The van der Waals surface area contributed by atoms with E-state index in [0.717, 1.165) is 41.0 Å². The summed E-state index contributed by atoms with van der Waals surface area (Å²) in [6.45, 7) is 1.37. The molecule has 3 aromatic rings. The average Bonchev–Trinajstić information content (AvgIpc) is 3.25. The first kappa shape index (κ1) is 18.2. The first-order chi connectivity index (χ1) is 15.1. The maximum atomic E-state index is 13.5. The summed E-state index contributed by atoms with van der Waals surface area (Å²) in [6, 6.07) is 7.84. The number of amides is 1. The lowest BCUT2D eigenvalue weighted by Gasteiger charge is -2.41. The Balaban J connectivity index is 1.31. The van der Waals surface area contributed by atoms with Gasteiger partial charge in [-0.05, 0) is 37.5 Å². The van der Waals surface area contributed by atoms with Crippen LogP contribution in [0.15, 0.2) is 30.7 Å². The van der Waals surface area contributed by atoms with Gasteiger partial charge in [-0.25, -0.2) is 19.3 Å². The highest BCUT2D eigenvalue weighted by molar-refractivity contribution is 5.92. The van der Waals surface area contributed by atoms with Crippen molar-refractivity contribution < 1.29 is 9.18 Å². The molecule has 2 bridgehead atoms. The molecule has 3 fully saturated rings. The summed E-state index contributed by atoms with van der Waals surface area (Å²) in [5, 5.41) is 10.0. The molecule has 2 aliphatic heterocycles. The molecule has 1 aliphatic carbocycles. The van der Waals surface area contributed by atoms with Crippen LogP contribution in [0, 0.1) is 17.2 Å². The summed E-state index contributed by atoms with van der Waals surface area (Å²) in [4.78, 5) is 33.2. The number of aromatic nitrogens is 4. The third-order valence-electron chi connectivity index (χ3n) is 6.66. The smallest absolute Gasteiger partial charge is 0.229 e. The van der Waals surface area contributed by atoms with Gasteiger partial charge in [0.25, 0.3) is 0 Å². The van der Waals surface area contributed by atoms with Gasteiger partial charge in [-0.1, -0.05) is 0 Å². The Morgan fingerprint density at radius 1 is 1.19 bits per heavy atom. The minimum absolute atomic E-state index is 0.0117. The number of carbonyl (C=O) groups is 1. The van der Waals surface area contributed by atoms with Crippen LogP contribution in [-0.2, 0) is 4.79 Å². The molecule has 3 unspecified atom stereocenters. The fraction of sp³-hybridized carbons (Fsp3) is 0.409. The maximum absolute atomic E-state index is 13.5. The summed E-state index contributed by atoms with van der Waals surface area (Å²) in [7, 11) is 0. The number of fused-ring (bicyclic) bond motifs is 3. The van der Waals surface area contributed by atoms with Crippen molar-refractivity contribution in [2.24, 2.45) is 5.92 Å². The molecular weight excluding hydrogens is 397 g/mol. The van der Waals surface area contributed by atoms with E-state index in [9.17, 15) is 9.18 Å². The van der Waals surface area contributed by atoms with Crippen LogP contribution < -0.4 is 4.90 Å². The molecule has 3 aliphatic rings. The number of pyridine rings is 1. The van der Waals surface area contributed by atoms with Crippen LogP contribution in [0.2, 0.25) is 0 Å². The van der Waals surface area contributed by atoms with Gasteiger partial charge in [-0.2, -0.15) is 5.26 Å². The lowest BCUT2D eigenvalue weighted by atomic mass is 10.1. The Hall–Kier alpha value is -3.54. The van der Waals surface area contributed by atoms with E-state index in [1.54, 1.807) is 18.6 Å². The summed E-state index contributed by atoms with van der Waals surface area (Å²) < 4.78 is 13.5. The molecule has 9 heteroatoms. The van der Waals surface area contributed by atoms with Gasteiger partial charge in [0.2, 0.25) is 5.91 Å². The van der Waals surface area contributed by atoms with E-state index in [1.807, 2.05) is 17.0 Å². The van der Waals surface area contributed by atoms with Gasteiger partial charge in [-0.15, -0.1) is 0 Å². The van der Waals surface area contributed by atoms with Gasteiger partial charge in [0.1, 0.15) is 35.7 Å². The number of H-pyrrole nitrogens is 1. The van der Waals surface area contributed by atoms with E-state index in [2.05, 4.69) is 30.9 Å². The first-order valence-corrected chi connectivity index (χ1v) is 10.5. The lowest BCUT2D eigenvalue weighted by Crippen LogP contribution is -2.56. The molecule has 156 valence electrons. The van der Waals surface area contributed by atoms with E-state index >= 15 is 0 Å². The molecule has 1 amide bonds. The SMILES string of the molecule is N#Cc1cc(-c2cc3c(N4CC5CCC(C4)N5C(=O)C4C[C@H]4F)ncnc3[nH]2)ccn1. The molecular formula is C22H20FN7O. The molecule has 31 heavy (non-hydrogen) atoms. The van der Waals surface area contributed by atoms with E-state index in [-0.39, 0.29) is 18.0 Å². The zero-order chi connectivity index (χ0) is 21.1. The second-order valence-corrected chi connectivity index (χ2v) is 8.58. The number of carbonyl (C=O) groups excluding carboxylic acids is 1. The second kappa shape index (κ2) is 6.74. The summed E-state index contributed by atoms with van der Waals surface area (Å²) >= 11 is 0. The molecule has 4 atom stereocenters. The number of piperazine rings is 1. The van der Waals surface area contributed by atoms with Gasteiger partial charge in [-0.3, -0.25) is 4.79 Å². The highest BCUT2D eigenvalue weighted by Crippen LogP contribution is 2.41. The van der Waals surface area contributed by atoms with Crippen LogP contribution >= 0.6 is 0 Å². The van der Waals surface area contributed by atoms with Crippen LogP contribution in [0.5, 0.6) is 0 Å². The van der Waals surface area contributed by atoms with Crippen LogP contribution in [0.25, 0.3) is 22.3 Å². The molecule has 6 rings (SSSR count). The van der Waals surface area contributed by atoms with E-state index in [1.165, 1.54) is 0 Å². The molecule has 1 saturated carbocycles. The molecule has 0 spiro atoms. The summed E-state index contributed by atoms with van der Waals surface area (Å²) in [6.07, 6.45) is 4.46. The molecule has 8 nitrogen and oxygen atoms in total. The van der Waals surface area contributed by atoms with Gasteiger partial charge in [0, 0.05) is 42.6 Å². The van der Waals surface area contributed by atoms with E-state index in [0.29, 0.717) is 25.2 Å². The monoisotopic (exact) mass is 417 g/mol. The molecule has 0 radical (unpaired) electrons. The Bertz CT molecular complexity index is 1220. The third kappa shape index (κ3) is 2.93. The predicted octanol–water partition coefficient (Wildman–Crippen LogP) is 2.43. The fourth-order valence-corrected chi connectivity index (χ4v) is 5.04. The number of nitriles is 1. The van der Waals surface area contributed by atoms with Crippen LogP contribution in [-0.4, -0.2) is 62.1 Å². The van der Waals surface area contributed by atoms with E-state index in [4.69, 9.17) is 5.26 Å². The molecule has 3 aromatic heterocycles.